The van der Waals surface area contributed by atoms with Gasteiger partial charge in [0.15, 0.2) is 0 Å². The maximum absolute atomic E-state index is 5.41. The van der Waals surface area contributed by atoms with Gasteiger partial charge in [0.25, 0.3) is 0 Å². The maximum atomic E-state index is 5.41. The molecule has 0 aromatic carbocycles. The van der Waals surface area contributed by atoms with Gasteiger partial charge < -0.3 is 5.73 Å². The van der Waals surface area contributed by atoms with E-state index >= 15 is 0 Å². The van der Waals surface area contributed by atoms with E-state index in [9.17, 15) is 0 Å². The largest absolute Gasteiger partial charge is 0.330 e. The topological polar surface area (TPSA) is 26.0 Å². The number of nitrogens with two attached hydrogens (primary N) is 1. The highest BCUT2D eigenvalue weighted by atomic mass is 14.5. The van der Waals surface area contributed by atoms with Crippen molar-refractivity contribution in [2.24, 2.45) is 17.6 Å². The normalized spacial score (nSPS) is 15.2. The lowest BCUT2D eigenvalue weighted by Gasteiger charge is -2.00. The van der Waals surface area contributed by atoms with Crippen LogP contribution in [-0.4, -0.2) is 6.54 Å². The molecular formula is C8H17N. The van der Waals surface area contributed by atoms with Crippen LogP contribution in [0.4, 0.5) is 0 Å². The monoisotopic (exact) mass is 127 g/mol. The molecule has 0 aliphatic rings. The molecule has 1 atom stereocenters. The van der Waals surface area contributed by atoms with Crippen LogP contribution in [0.3, 0.4) is 0 Å². The van der Waals surface area contributed by atoms with Gasteiger partial charge in [0.1, 0.15) is 0 Å². The fraction of sp³-hybridized carbons (Fsp3) is 0.750. The van der Waals surface area contributed by atoms with Gasteiger partial charge in [0.2, 0.25) is 0 Å². The van der Waals surface area contributed by atoms with Crippen molar-refractivity contribution >= 4 is 0 Å². The van der Waals surface area contributed by atoms with E-state index in [1.165, 1.54) is 0 Å². The standard InChI is InChI=1S/C8H17N/c1-7(2)4-5-8(3)6-9/h4-5,7-8H,6,9H2,1-3H3/b5-4-. The van der Waals surface area contributed by atoms with Crippen LogP contribution in [0.1, 0.15) is 20.8 Å². The van der Waals surface area contributed by atoms with Gasteiger partial charge in [-0.1, -0.05) is 32.9 Å². The summed E-state index contributed by atoms with van der Waals surface area (Å²) in [5.74, 6) is 1.19. The Kier molecular flexibility index (Phi) is 4.41. The highest BCUT2D eigenvalue weighted by molar-refractivity contribution is 4.88. The molecule has 1 nitrogen and oxygen atoms in total. The van der Waals surface area contributed by atoms with Gasteiger partial charge in [-0.25, -0.2) is 0 Å². The van der Waals surface area contributed by atoms with Crippen molar-refractivity contribution in [2.75, 3.05) is 6.54 Å². The fourth-order valence-corrected chi connectivity index (χ4v) is 0.490. The first-order chi connectivity index (χ1) is 4.16. The van der Waals surface area contributed by atoms with E-state index in [2.05, 4.69) is 32.9 Å². The van der Waals surface area contributed by atoms with E-state index in [4.69, 9.17) is 5.73 Å². The summed E-state index contributed by atoms with van der Waals surface area (Å²) < 4.78 is 0. The van der Waals surface area contributed by atoms with Crippen LogP contribution in [0.15, 0.2) is 12.2 Å². The molecule has 0 bridgehead atoms. The van der Waals surface area contributed by atoms with Gasteiger partial charge >= 0.3 is 0 Å². The number of allylic oxidation sites excluding steroid dienone is 1. The SMILES string of the molecule is CC(C)/C=C\C(C)CN. The third-order valence-electron chi connectivity index (χ3n) is 1.20. The summed E-state index contributed by atoms with van der Waals surface area (Å²) in [5, 5.41) is 0. The quantitative estimate of drug-likeness (QED) is 0.575. The van der Waals surface area contributed by atoms with Crippen LogP contribution >= 0.6 is 0 Å². The van der Waals surface area contributed by atoms with Gasteiger partial charge in [0.05, 0.1) is 0 Å². The first kappa shape index (κ1) is 8.70. The zero-order valence-electron chi connectivity index (χ0n) is 6.59. The molecule has 0 radical (unpaired) electrons. The molecule has 2 N–H and O–H groups in total. The molecule has 0 fully saturated rings. The van der Waals surface area contributed by atoms with Crippen molar-refractivity contribution in [1.82, 2.24) is 0 Å². The van der Waals surface area contributed by atoms with Crippen molar-refractivity contribution < 1.29 is 0 Å². The zero-order valence-corrected chi connectivity index (χ0v) is 6.59. The molecule has 0 saturated heterocycles. The van der Waals surface area contributed by atoms with Crippen molar-refractivity contribution in [3.8, 4) is 0 Å². The lowest BCUT2D eigenvalue weighted by Crippen LogP contribution is -2.07. The fourth-order valence-electron chi connectivity index (χ4n) is 0.490. The minimum absolute atomic E-state index is 0.535. The Bertz CT molecular complexity index is 84.6. The van der Waals surface area contributed by atoms with Gasteiger partial charge in [-0.3, -0.25) is 0 Å². The Hall–Kier alpha value is -0.300. The van der Waals surface area contributed by atoms with E-state index in [-0.39, 0.29) is 0 Å². The summed E-state index contributed by atoms with van der Waals surface area (Å²) in [6, 6.07) is 0. The summed E-state index contributed by atoms with van der Waals surface area (Å²) in [4.78, 5) is 0. The molecule has 0 amide bonds. The molecular weight excluding hydrogens is 110 g/mol. The van der Waals surface area contributed by atoms with Crippen molar-refractivity contribution in [1.29, 1.82) is 0 Å². The molecule has 0 aromatic rings. The second-order valence-electron chi connectivity index (χ2n) is 2.84. The first-order valence-corrected chi connectivity index (χ1v) is 3.55. The first-order valence-electron chi connectivity index (χ1n) is 3.55. The molecule has 0 aromatic heterocycles. The van der Waals surface area contributed by atoms with Crippen LogP contribution in [0, 0.1) is 11.8 Å². The molecule has 0 saturated carbocycles. The molecule has 0 aliphatic heterocycles. The second-order valence-corrected chi connectivity index (χ2v) is 2.84. The van der Waals surface area contributed by atoms with Gasteiger partial charge in [0, 0.05) is 0 Å². The second kappa shape index (κ2) is 4.57. The Morgan fingerprint density at radius 2 is 1.78 bits per heavy atom. The van der Waals surface area contributed by atoms with E-state index in [0.717, 1.165) is 6.54 Å². The summed E-state index contributed by atoms with van der Waals surface area (Å²) in [5.41, 5.74) is 5.41. The summed E-state index contributed by atoms with van der Waals surface area (Å²) in [6.07, 6.45) is 4.36. The Labute approximate surface area is 57.9 Å². The third kappa shape index (κ3) is 5.57. The summed E-state index contributed by atoms with van der Waals surface area (Å²) in [7, 11) is 0. The molecule has 9 heavy (non-hydrogen) atoms. The predicted octanol–water partition coefficient (Wildman–Crippen LogP) is 1.79. The molecule has 0 aliphatic carbocycles. The molecule has 54 valence electrons. The summed E-state index contributed by atoms with van der Waals surface area (Å²) in [6.45, 7) is 7.21. The van der Waals surface area contributed by atoms with Crippen LogP contribution in [0.5, 0.6) is 0 Å². The number of hydrogen-bond acceptors (Lipinski definition) is 1. The van der Waals surface area contributed by atoms with Gasteiger partial charge in [-0.2, -0.15) is 0 Å². The van der Waals surface area contributed by atoms with E-state index in [1.807, 2.05) is 0 Å². The van der Waals surface area contributed by atoms with Crippen LogP contribution < -0.4 is 5.73 Å². The van der Waals surface area contributed by atoms with Crippen molar-refractivity contribution in [2.45, 2.75) is 20.8 Å². The minimum atomic E-state index is 0.535. The van der Waals surface area contributed by atoms with Crippen LogP contribution in [0.25, 0.3) is 0 Å². The summed E-state index contributed by atoms with van der Waals surface area (Å²) >= 11 is 0. The Morgan fingerprint density at radius 3 is 2.11 bits per heavy atom. The van der Waals surface area contributed by atoms with Gasteiger partial charge in [-0.15, -0.1) is 0 Å². The van der Waals surface area contributed by atoms with Crippen LogP contribution in [0.2, 0.25) is 0 Å². The molecule has 0 spiro atoms. The Balaban J connectivity index is 3.43. The highest BCUT2D eigenvalue weighted by Gasteiger charge is 1.90. The van der Waals surface area contributed by atoms with E-state index in [0.29, 0.717) is 11.8 Å². The molecule has 1 unspecified atom stereocenters. The van der Waals surface area contributed by atoms with Crippen molar-refractivity contribution in [3.63, 3.8) is 0 Å². The average Bonchev–Trinajstić information content (AvgIpc) is 1.83. The number of rotatable bonds is 3. The Morgan fingerprint density at radius 1 is 1.22 bits per heavy atom. The highest BCUT2D eigenvalue weighted by Crippen LogP contribution is 1.99. The molecule has 0 heterocycles. The lowest BCUT2D eigenvalue weighted by atomic mass is 10.1. The maximum Gasteiger partial charge on any atom is -0.00168 e. The smallest absolute Gasteiger partial charge is 0.00168 e. The third-order valence-corrected chi connectivity index (χ3v) is 1.20. The average molecular weight is 127 g/mol. The lowest BCUT2D eigenvalue weighted by molar-refractivity contribution is 0.722. The zero-order chi connectivity index (χ0) is 7.28. The van der Waals surface area contributed by atoms with Gasteiger partial charge in [-0.05, 0) is 18.4 Å². The number of hydrogen-bond donors (Lipinski definition) is 1. The van der Waals surface area contributed by atoms with E-state index < -0.39 is 0 Å². The van der Waals surface area contributed by atoms with E-state index in [1.54, 1.807) is 0 Å². The molecule has 0 rings (SSSR count). The minimum Gasteiger partial charge on any atom is -0.330 e. The van der Waals surface area contributed by atoms with Crippen molar-refractivity contribution in [3.05, 3.63) is 12.2 Å². The molecule has 1 heteroatoms. The predicted molar refractivity (Wildman–Crippen MR) is 42.2 cm³/mol. The van der Waals surface area contributed by atoms with Crippen LogP contribution in [-0.2, 0) is 0 Å².